The number of rotatable bonds is 7. The van der Waals surface area contributed by atoms with E-state index in [1.807, 2.05) is 49.1 Å². The molecule has 1 aromatic carbocycles. The molecule has 1 N–H and O–H groups in total. The summed E-state index contributed by atoms with van der Waals surface area (Å²) >= 11 is 1.59. The first-order valence-corrected chi connectivity index (χ1v) is 10.7. The maximum atomic E-state index is 12.6. The van der Waals surface area contributed by atoms with Crippen LogP contribution in [-0.4, -0.2) is 53.6 Å². The molecule has 0 fully saturated rings. The van der Waals surface area contributed by atoms with Crippen LogP contribution in [0.3, 0.4) is 0 Å². The molecule has 0 aliphatic rings. The minimum Gasteiger partial charge on any atom is -0.360 e. The summed E-state index contributed by atoms with van der Waals surface area (Å²) in [7, 11) is 5.82. The van der Waals surface area contributed by atoms with Gasteiger partial charge in [-0.1, -0.05) is 35.5 Å². The highest BCUT2D eigenvalue weighted by atomic mass is 32.1. The van der Waals surface area contributed by atoms with Gasteiger partial charge in [0, 0.05) is 24.1 Å². The average Bonchev–Trinajstić information content (AvgIpc) is 3.33. The van der Waals surface area contributed by atoms with E-state index >= 15 is 0 Å². The van der Waals surface area contributed by atoms with E-state index in [0.29, 0.717) is 23.9 Å². The molecule has 4 rings (SSSR count). The van der Waals surface area contributed by atoms with Crippen molar-refractivity contribution in [3.05, 3.63) is 53.4 Å². The van der Waals surface area contributed by atoms with Gasteiger partial charge in [-0.05, 0) is 26.6 Å². The van der Waals surface area contributed by atoms with Crippen LogP contribution in [-0.2, 0) is 11.3 Å². The Bertz CT molecular complexity index is 1200. The van der Waals surface area contributed by atoms with Gasteiger partial charge in [0.2, 0.25) is 5.91 Å². The molecule has 0 aliphatic heterocycles. The van der Waals surface area contributed by atoms with Gasteiger partial charge in [-0.25, -0.2) is 9.97 Å². The summed E-state index contributed by atoms with van der Waals surface area (Å²) < 4.78 is 5.02. The normalized spacial score (nSPS) is 11.3. The molecule has 3 heterocycles. The number of aryl methyl sites for hydroxylation is 1. The zero-order valence-electron chi connectivity index (χ0n) is 17.9. The van der Waals surface area contributed by atoms with Gasteiger partial charge in [-0.3, -0.25) is 4.79 Å². The lowest BCUT2D eigenvalue weighted by molar-refractivity contribution is -0.115. The Balaban J connectivity index is 1.70. The Morgan fingerprint density at radius 1 is 1.16 bits per heavy atom. The number of carbonyl (C=O) groups excluding carboxylic acids is 1. The number of aromatic nitrogens is 3. The third-order valence-electron chi connectivity index (χ3n) is 4.64. The van der Waals surface area contributed by atoms with E-state index in [1.54, 1.807) is 24.3 Å². The molecule has 0 saturated heterocycles. The van der Waals surface area contributed by atoms with Crippen LogP contribution in [0.1, 0.15) is 11.6 Å². The van der Waals surface area contributed by atoms with Crippen LogP contribution in [0.5, 0.6) is 0 Å². The van der Waals surface area contributed by atoms with Gasteiger partial charge in [0.1, 0.15) is 22.2 Å². The molecule has 3 aromatic heterocycles. The van der Waals surface area contributed by atoms with Crippen molar-refractivity contribution in [1.82, 2.24) is 20.0 Å². The van der Waals surface area contributed by atoms with Gasteiger partial charge in [-0.15, -0.1) is 11.3 Å². The lowest BCUT2D eigenvalue weighted by Crippen LogP contribution is -2.31. The van der Waals surface area contributed by atoms with Gasteiger partial charge in [0.05, 0.1) is 18.5 Å². The predicted octanol–water partition coefficient (Wildman–Crippen LogP) is 3.79. The topological polar surface area (TPSA) is 87.4 Å². The number of benzene rings is 1. The minimum absolute atomic E-state index is 0.115. The number of likely N-dealkylation sites (N-methyl/N-ethyl adjacent to an activating group) is 1. The van der Waals surface area contributed by atoms with Gasteiger partial charge in [0.15, 0.2) is 5.82 Å². The number of nitrogens with one attached hydrogen (secondary N) is 1. The first-order valence-electron chi connectivity index (χ1n) is 9.83. The van der Waals surface area contributed by atoms with Gasteiger partial charge >= 0.3 is 0 Å². The number of carbonyl (C=O) groups is 1. The maximum absolute atomic E-state index is 12.6. The zero-order chi connectivity index (χ0) is 22.0. The molecule has 8 nitrogen and oxygen atoms in total. The van der Waals surface area contributed by atoms with E-state index in [2.05, 4.69) is 28.0 Å². The Hall–Kier alpha value is -3.30. The van der Waals surface area contributed by atoms with Crippen molar-refractivity contribution in [3.63, 3.8) is 0 Å². The van der Waals surface area contributed by atoms with Gasteiger partial charge in [0.25, 0.3) is 0 Å². The average molecular weight is 437 g/mol. The van der Waals surface area contributed by atoms with Crippen LogP contribution in [0, 0.1) is 6.92 Å². The van der Waals surface area contributed by atoms with Crippen molar-refractivity contribution in [2.24, 2.45) is 0 Å². The molecule has 0 bridgehead atoms. The fourth-order valence-corrected chi connectivity index (χ4v) is 4.28. The molecule has 160 valence electrons. The Morgan fingerprint density at radius 2 is 1.94 bits per heavy atom. The fourth-order valence-electron chi connectivity index (χ4n) is 3.32. The maximum Gasteiger partial charge on any atom is 0.245 e. The highest BCUT2D eigenvalue weighted by Gasteiger charge is 2.20. The lowest BCUT2D eigenvalue weighted by Gasteiger charge is -2.20. The quantitative estimate of drug-likeness (QED) is 0.472. The zero-order valence-corrected chi connectivity index (χ0v) is 18.7. The Labute approximate surface area is 184 Å². The summed E-state index contributed by atoms with van der Waals surface area (Å²) in [4.78, 5) is 27.0. The fraction of sp³-hybridized carbons (Fsp3) is 0.273. The molecular formula is C22H24N6O2S. The molecule has 0 atom stereocenters. The number of nitrogens with zero attached hydrogens (tertiary/aromatic N) is 5. The highest BCUT2D eigenvalue weighted by molar-refractivity contribution is 7.17. The van der Waals surface area contributed by atoms with Crippen molar-refractivity contribution >= 4 is 39.1 Å². The lowest BCUT2D eigenvalue weighted by atomic mass is 10.1. The van der Waals surface area contributed by atoms with Crippen molar-refractivity contribution in [2.75, 3.05) is 37.9 Å². The summed E-state index contributed by atoms with van der Waals surface area (Å²) in [6.07, 6.45) is 0. The number of hydrogen-bond donors (Lipinski definition) is 1. The molecule has 0 radical (unpaired) electrons. The molecule has 9 heteroatoms. The van der Waals surface area contributed by atoms with E-state index in [-0.39, 0.29) is 12.5 Å². The highest BCUT2D eigenvalue weighted by Crippen LogP contribution is 2.38. The second kappa shape index (κ2) is 8.83. The van der Waals surface area contributed by atoms with Crippen molar-refractivity contribution in [2.45, 2.75) is 13.5 Å². The van der Waals surface area contributed by atoms with E-state index in [0.717, 1.165) is 27.2 Å². The monoisotopic (exact) mass is 436 g/mol. The first kappa shape index (κ1) is 21.0. The Kier molecular flexibility index (Phi) is 5.97. The predicted molar refractivity (Wildman–Crippen MR) is 123 cm³/mol. The van der Waals surface area contributed by atoms with E-state index in [1.165, 1.54) is 0 Å². The number of thiophene rings is 1. The molecule has 0 saturated carbocycles. The molecule has 4 aromatic rings. The van der Waals surface area contributed by atoms with Crippen LogP contribution < -0.4 is 10.2 Å². The third kappa shape index (κ3) is 4.73. The Morgan fingerprint density at radius 3 is 2.61 bits per heavy atom. The summed E-state index contributed by atoms with van der Waals surface area (Å²) in [5, 5.41) is 9.64. The smallest absolute Gasteiger partial charge is 0.245 e. The van der Waals surface area contributed by atoms with E-state index in [4.69, 9.17) is 14.5 Å². The largest absolute Gasteiger partial charge is 0.360 e. The minimum atomic E-state index is -0.201. The van der Waals surface area contributed by atoms with Crippen molar-refractivity contribution in [3.8, 4) is 11.1 Å². The summed E-state index contributed by atoms with van der Waals surface area (Å²) in [6.45, 7) is 2.50. The van der Waals surface area contributed by atoms with Gasteiger partial charge in [-0.2, -0.15) is 0 Å². The van der Waals surface area contributed by atoms with Crippen LogP contribution in [0.2, 0.25) is 0 Å². The molecule has 1 amide bonds. The van der Waals surface area contributed by atoms with Crippen molar-refractivity contribution < 1.29 is 9.32 Å². The first-order chi connectivity index (χ1) is 14.9. The summed E-state index contributed by atoms with van der Waals surface area (Å²) in [6, 6.07) is 11.8. The molecule has 31 heavy (non-hydrogen) atoms. The summed E-state index contributed by atoms with van der Waals surface area (Å²) in [5.74, 6) is 2.29. The second-order valence-electron chi connectivity index (χ2n) is 7.62. The van der Waals surface area contributed by atoms with Crippen LogP contribution in [0.25, 0.3) is 21.3 Å². The van der Waals surface area contributed by atoms with Gasteiger partial charge < -0.3 is 19.6 Å². The molecular weight excluding hydrogens is 412 g/mol. The SMILES string of the molecule is Cc1cc(NC(=O)CN(C)c2nc(CN(C)C)nc3scc(-c4ccccc4)c23)no1. The van der Waals surface area contributed by atoms with E-state index in [9.17, 15) is 4.79 Å². The molecule has 0 aliphatic carbocycles. The third-order valence-corrected chi connectivity index (χ3v) is 5.51. The number of hydrogen-bond acceptors (Lipinski definition) is 8. The van der Waals surface area contributed by atoms with Crippen molar-refractivity contribution in [1.29, 1.82) is 0 Å². The van der Waals surface area contributed by atoms with Crippen LogP contribution >= 0.6 is 11.3 Å². The van der Waals surface area contributed by atoms with Crippen LogP contribution in [0.15, 0.2) is 46.3 Å². The van der Waals surface area contributed by atoms with Crippen LogP contribution in [0.4, 0.5) is 11.6 Å². The number of amides is 1. The number of anilines is 2. The number of fused-ring (bicyclic) bond motifs is 1. The standard InChI is InChI=1S/C22H24N6O2S/c1-14-10-17(26-30-14)23-19(29)12-28(4)21-20-16(15-8-6-5-7-9-15)13-31-22(20)25-18(24-21)11-27(2)3/h5-10,13H,11-12H2,1-4H3,(H,23,26,29). The molecule has 0 spiro atoms. The second-order valence-corrected chi connectivity index (χ2v) is 8.48. The van der Waals surface area contributed by atoms with E-state index < -0.39 is 0 Å². The summed E-state index contributed by atoms with van der Waals surface area (Å²) in [5.41, 5.74) is 2.15. The molecule has 0 unspecified atom stereocenters.